The number of aromatic nitrogens is 2. The summed E-state index contributed by atoms with van der Waals surface area (Å²) in [6, 6.07) is 22.6. The molecule has 1 aliphatic rings. The van der Waals surface area contributed by atoms with Crippen molar-refractivity contribution in [3.8, 4) is 11.1 Å². The van der Waals surface area contributed by atoms with Gasteiger partial charge in [-0.3, -0.25) is 4.98 Å². The molecule has 0 radical (unpaired) electrons. The van der Waals surface area contributed by atoms with Crippen LogP contribution in [-0.4, -0.2) is 9.97 Å². The van der Waals surface area contributed by atoms with Gasteiger partial charge in [0.25, 0.3) is 0 Å². The van der Waals surface area contributed by atoms with Crippen molar-refractivity contribution in [3.63, 3.8) is 0 Å². The van der Waals surface area contributed by atoms with E-state index in [1.165, 1.54) is 51.7 Å². The standard InChI is InChI=1S/C27H29N3/c1-17-14-22(15-18(2)28-17)21-12-13-25-24(16-21)23-10-7-11-26(27(23)30-25)29-19(3)20-8-5-4-6-9-20/h4-6,8-9,12-16,19,26,29-30H,7,10-11H2,1-3H3/t19-,26?/m1/s1. The van der Waals surface area contributed by atoms with E-state index in [1.54, 1.807) is 0 Å². The third kappa shape index (κ3) is 3.54. The highest BCUT2D eigenvalue weighted by Gasteiger charge is 2.25. The molecule has 0 aliphatic heterocycles. The average molecular weight is 396 g/mol. The van der Waals surface area contributed by atoms with Crippen molar-refractivity contribution in [1.82, 2.24) is 15.3 Å². The van der Waals surface area contributed by atoms with E-state index in [0.717, 1.165) is 17.8 Å². The maximum atomic E-state index is 4.53. The Hall–Kier alpha value is -2.91. The maximum absolute atomic E-state index is 4.53. The number of rotatable bonds is 4. The minimum absolute atomic E-state index is 0.326. The first kappa shape index (κ1) is 19.1. The Morgan fingerprint density at radius 2 is 1.73 bits per heavy atom. The summed E-state index contributed by atoms with van der Waals surface area (Å²) >= 11 is 0. The summed E-state index contributed by atoms with van der Waals surface area (Å²) in [7, 11) is 0. The predicted octanol–water partition coefficient (Wildman–Crippen LogP) is 6.57. The minimum atomic E-state index is 0.326. The molecule has 0 saturated heterocycles. The van der Waals surface area contributed by atoms with Gasteiger partial charge in [-0.15, -0.1) is 0 Å². The zero-order valence-corrected chi connectivity index (χ0v) is 18.0. The Bertz CT molecular complexity index is 1170. The largest absolute Gasteiger partial charge is 0.357 e. The minimum Gasteiger partial charge on any atom is -0.357 e. The van der Waals surface area contributed by atoms with Gasteiger partial charge >= 0.3 is 0 Å². The number of H-pyrrole nitrogens is 1. The summed E-state index contributed by atoms with van der Waals surface area (Å²) in [4.78, 5) is 8.28. The van der Waals surface area contributed by atoms with Crippen LogP contribution in [0.1, 0.15) is 60.1 Å². The molecule has 1 unspecified atom stereocenters. The lowest BCUT2D eigenvalue weighted by atomic mass is 9.90. The molecule has 2 aromatic carbocycles. The Kier molecular flexibility index (Phi) is 4.92. The van der Waals surface area contributed by atoms with Crippen molar-refractivity contribution in [3.05, 3.63) is 88.9 Å². The van der Waals surface area contributed by atoms with Gasteiger partial charge in [-0.2, -0.15) is 0 Å². The zero-order chi connectivity index (χ0) is 20.7. The van der Waals surface area contributed by atoms with Crippen LogP contribution in [0.5, 0.6) is 0 Å². The first-order valence-corrected chi connectivity index (χ1v) is 11.0. The smallest absolute Gasteiger partial charge is 0.0480 e. The molecule has 0 amide bonds. The number of benzene rings is 2. The highest BCUT2D eigenvalue weighted by atomic mass is 15.0. The molecular weight excluding hydrogens is 366 g/mol. The van der Waals surface area contributed by atoms with Crippen LogP contribution in [0.4, 0.5) is 0 Å². The van der Waals surface area contributed by atoms with Gasteiger partial charge in [0.15, 0.2) is 0 Å². The molecule has 2 aromatic heterocycles. The summed E-state index contributed by atoms with van der Waals surface area (Å²) in [5.74, 6) is 0. The Labute approximate surface area is 178 Å². The number of nitrogens with zero attached hydrogens (tertiary/aromatic N) is 1. The van der Waals surface area contributed by atoms with Gasteiger partial charge in [0.2, 0.25) is 0 Å². The second-order valence-electron chi connectivity index (χ2n) is 8.66. The van der Waals surface area contributed by atoms with Crippen LogP contribution in [-0.2, 0) is 6.42 Å². The Morgan fingerprint density at radius 1 is 0.967 bits per heavy atom. The van der Waals surface area contributed by atoms with E-state index in [2.05, 4.69) is 96.7 Å². The van der Waals surface area contributed by atoms with E-state index in [-0.39, 0.29) is 0 Å². The van der Waals surface area contributed by atoms with Gasteiger partial charge in [0.05, 0.1) is 0 Å². The van der Waals surface area contributed by atoms with E-state index >= 15 is 0 Å². The van der Waals surface area contributed by atoms with E-state index in [9.17, 15) is 0 Å². The zero-order valence-electron chi connectivity index (χ0n) is 18.0. The second kappa shape index (κ2) is 7.73. The Morgan fingerprint density at radius 3 is 2.50 bits per heavy atom. The fourth-order valence-corrected chi connectivity index (χ4v) is 4.95. The summed E-state index contributed by atoms with van der Waals surface area (Å²) in [5.41, 5.74) is 10.1. The molecule has 5 rings (SSSR count). The van der Waals surface area contributed by atoms with E-state index in [0.29, 0.717) is 12.1 Å². The summed E-state index contributed by atoms with van der Waals surface area (Å²) in [6.07, 6.45) is 3.54. The molecule has 0 fully saturated rings. The van der Waals surface area contributed by atoms with Crippen LogP contribution in [0.2, 0.25) is 0 Å². The topological polar surface area (TPSA) is 40.7 Å². The van der Waals surface area contributed by atoms with E-state index in [1.807, 2.05) is 0 Å². The lowest BCUT2D eigenvalue weighted by Crippen LogP contribution is -2.27. The molecule has 3 nitrogen and oxygen atoms in total. The number of hydrogen-bond acceptors (Lipinski definition) is 2. The monoisotopic (exact) mass is 395 g/mol. The molecule has 152 valence electrons. The molecule has 30 heavy (non-hydrogen) atoms. The fourth-order valence-electron chi connectivity index (χ4n) is 4.95. The van der Waals surface area contributed by atoms with Gasteiger partial charge in [-0.25, -0.2) is 0 Å². The fraction of sp³-hybridized carbons (Fsp3) is 0.296. The molecule has 0 spiro atoms. The van der Waals surface area contributed by atoms with E-state index < -0.39 is 0 Å². The average Bonchev–Trinajstić information content (AvgIpc) is 3.13. The lowest BCUT2D eigenvalue weighted by molar-refractivity contribution is 0.410. The van der Waals surface area contributed by atoms with E-state index in [4.69, 9.17) is 0 Å². The van der Waals surface area contributed by atoms with Crippen molar-refractivity contribution in [1.29, 1.82) is 0 Å². The van der Waals surface area contributed by atoms with Crippen molar-refractivity contribution in [2.24, 2.45) is 0 Å². The SMILES string of the molecule is Cc1cc(-c2ccc3[nH]c4c(c3c2)CCCC4N[C@H](C)c2ccccc2)cc(C)n1. The molecule has 3 heteroatoms. The maximum Gasteiger partial charge on any atom is 0.0480 e. The second-order valence-corrected chi connectivity index (χ2v) is 8.66. The molecule has 2 N–H and O–H groups in total. The highest BCUT2D eigenvalue weighted by molar-refractivity contribution is 5.89. The highest BCUT2D eigenvalue weighted by Crippen LogP contribution is 2.37. The van der Waals surface area contributed by atoms with Gasteiger partial charge in [-0.05, 0) is 86.6 Å². The van der Waals surface area contributed by atoms with Gasteiger partial charge in [-0.1, -0.05) is 36.4 Å². The van der Waals surface area contributed by atoms with Crippen molar-refractivity contribution in [2.45, 2.75) is 52.1 Å². The lowest BCUT2D eigenvalue weighted by Gasteiger charge is -2.27. The third-order valence-corrected chi connectivity index (χ3v) is 6.37. The van der Waals surface area contributed by atoms with Crippen molar-refractivity contribution < 1.29 is 0 Å². The van der Waals surface area contributed by atoms with Crippen LogP contribution >= 0.6 is 0 Å². The van der Waals surface area contributed by atoms with Crippen molar-refractivity contribution >= 4 is 10.9 Å². The third-order valence-electron chi connectivity index (χ3n) is 6.37. The molecular formula is C27H29N3. The number of aryl methyl sites for hydroxylation is 3. The Balaban J connectivity index is 1.50. The first-order chi connectivity index (χ1) is 14.6. The molecule has 1 aliphatic carbocycles. The first-order valence-electron chi connectivity index (χ1n) is 11.0. The number of nitrogens with one attached hydrogen (secondary N) is 2. The molecule has 0 bridgehead atoms. The van der Waals surface area contributed by atoms with Gasteiger partial charge in [0.1, 0.15) is 0 Å². The van der Waals surface area contributed by atoms with Gasteiger partial charge in [0, 0.05) is 40.1 Å². The predicted molar refractivity (Wildman–Crippen MR) is 125 cm³/mol. The van der Waals surface area contributed by atoms with Crippen LogP contribution in [0, 0.1) is 13.8 Å². The molecule has 4 aromatic rings. The number of pyridine rings is 1. The molecule has 2 atom stereocenters. The van der Waals surface area contributed by atoms with Crippen LogP contribution < -0.4 is 5.32 Å². The van der Waals surface area contributed by atoms with Crippen LogP contribution in [0.25, 0.3) is 22.0 Å². The number of fused-ring (bicyclic) bond motifs is 3. The quantitative estimate of drug-likeness (QED) is 0.410. The number of aromatic amines is 1. The molecule has 2 heterocycles. The summed E-state index contributed by atoms with van der Waals surface area (Å²) in [5, 5.41) is 5.24. The van der Waals surface area contributed by atoms with Crippen molar-refractivity contribution in [2.75, 3.05) is 0 Å². The van der Waals surface area contributed by atoms with Crippen LogP contribution in [0.3, 0.4) is 0 Å². The van der Waals surface area contributed by atoms with Gasteiger partial charge < -0.3 is 10.3 Å². The number of hydrogen-bond donors (Lipinski definition) is 2. The summed E-state index contributed by atoms with van der Waals surface area (Å²) in [6.45, 7) is 6.40. The normalized spacial score (nSPS) is 17.1. The van der Waals surface area contributed by atoms with Crippen LogP contribution in [0.15, 0.2) is 60.7 Å². The molecule has 0 saturated carbocycles. The summed E-state index contributed by atoms with van der Waals surface area (Å²) < 4.78 is 0.